The van der Waals surface area contributed by atoms with Gasteiger partial charge < -0.3 is 9.30 Å². The van der Waals surface area contributed by atoms with Gasteiger partial charge in [0, 0.05) is 48.1 Å². The number of benzene rings is 2. The zero-order chi connectivity index (χ0) is 25.1. The van der Waals surface area contributed by atoms with E-state index in [-0.39, 0.29) is 24.7 Å². The normalized spacial score (nSPS) is 14.9. The van der Waals surface area contributed by atoms with Crippen LogP contribution in [0.15, 0.2) is 47.4 Å². The molecule has 186 valence electrons. The smallest absolute Gasteiger partial charge is 0.325 e. The first-order valence-electron chi connectivity index (χ1n) is 11.9. The van der Waals surface area contributed by atoms with Crippen molar-refractivity contribution >= 4 is 17.0 Å². The van der Waals surface area contributed by atoms with Crippen molar-refractivity contribution in [1.29, 1.82) is 0 Å². The van der Waals surface area contributed by atoms with Crippen LogP contribution in [0.4, 0.5) is 8.78 Å². The molecule has 1 fully saturated rings. The Kier molecular flexibility index (Phi) is 7.82. The molecule has 0 radical (unpaired) electrons. The Morgan fingerprint density at radius 1 is 1.06 bits per heavy atom. The van der Waals surface area contributed by atoms with Gasteiger partial charge in [-0.3, -0.25) is 4.79 Å². The van der Waals surface area contributed by atoms with Gasteiger partial charge in [0.15, 0.2) is 0 Å². The molecule has 0 bridgehead atoms. The minimum absolute atomic E-state index is 0.0112. The van der Waals surface area contributed by atoms with Gasteiger partial charge in [-0.2, -0.15) is 0 Å². The number of aromatic nitrogens is 1. The van der Waals surface area contributed by atoms with E-state index in [0.717, 1.165) is 53.7 Å². The first-order chi connectivity index (χ1) is 16.8. The van der Waals surface area contributed by atoms with Gasteiger partial charge in [0.1, 0.15) is 29.2 Å². The van der Waals surface area contributed by atoms with Crippen LogP contribution in [0.1, 0.15) is 42.3 Å². The lowest BCUT2D eigenvalue weighted by Crippen LogP contribution is -2.23. The van der Waals surface area contributed by atoms with E-state index in [1.165, 1.54) is 12.1 Å². The number of carbonyl (C=O) groups is 1. The van der Waals surface area contributed by atoms with Crippen molar-refractivity contribution in [3.63, 3.8) is 0 Å². The molecule has 8 heteroatoms. The number of hydrogen-bond acceptors (Lipinski definition) is 3. The molecule has 5 nitrogen and oxygen atoms in total. The van der Waals surface area contributed by atoms with E-state index < -0.39 is 22.6 Å². The predicted octanol–water partition coefficient (Wildman–Crippen LogP) is 5.32. The van der Waals surface area contributed by atoms with Crippen LogP contribution in [-0.2, 0) is 33.5 Å². The van der Waals surface area contributed by atoms with Crippen LogP contribution in [0, 0.1) is 25.5 Å². The van der Waals surface area contributed by atoms with Crippen molar-refractivity contribution in [3.8, 4) is 11.1 Å². The summed E-state index contributed by atoms with van der Waals surface area (Å²) in [5.41, 5.74) is 4.04. The second kappa shape index (κ2) is 10.8. The summed E-state index contributed by atoms with van der Waals surface area (Å²) >= 11 is 0. The van der Waals surface area contributed by atoms with E-state index >= 15 is 0 Å². The minimum Gasteiger partial charge on any atom is -0.465 e. The average molecular weight is 501 g/mol. The van der Waals surface area contributed by atoms with E-state index in [1.54, 1.807) is 6.92 Å². The Bertz CT molecular complexity index is 1270. The first kappa shape index (κ1) is 25.3. The lowest BCUT2D eigenvalue weighted by Gasteiger charge is -2.17. The molecule has 1 aliphatic heterocycles. The first-order valence-corrected chi connectivity index (χ1v) is 13.0. The molecule has 4 rings (SSSR count). The molecular weight excluding hydrogens is 470 g/mol. The maximum absolute atomic E-state index is 15.0. The number of esters is 1. The van der Waals surface area contributed by atoms with Crippen LogP contribution < -0.4 is 0 Å². The molecule has 1 saturated heterocycles. The highest BCUT2D eigenvalue weighted by Gasteiger charge is 2.26. The lowest BCUT2D eigenvalue weighted by atomic mass is 9.95. The van der Waals surface area contributed by atoms with E-state index in [0.29, 0.717) is 17.7 Å². The molecule has 0 saturated carbocycles. The third kappa shape index (κ3) is 5.23. The lowest BCUT2D eigenvalue weighted by molar-refractivity contribution is -0.143. The van der Waals surface area contributed by atoms with Gasteiger partial charge in [0.25, 0.3) is 0 Å². The summed E-state index contributed by atoms with van der Waals surface area (Å²) in [5.74, 6) is -1.71. The number of halogens is 2. The largest absolute Gasteiger partial charge is 0.465 e. The standard InChI is InChI=1S/C27H30F2N2O3S/c1-4-34-26(32)17-31-18(2)23(27(19(31)3)22-12-11-21(28)16-24(22)29)15-20-9-5-6-10-25(20)35(33)30-13-7-8-14-30/h5-6,9-12,16H,4,7-8,13-15,17H2,1-3H3. The summed E-state index contributed by atoms with van der Waals surface area (Å²) in [6.45, 7) is 7.29. The molecule has 35 heavy (non-hydrogen) atoms. The number of nitrogens with zero attached hydrogens (tertiary/aromatic N) is 2. The Morgan fingerprint density at radius 3 is 2.46 bits per heavy atom. The summed E-state index contributed by atoms with van der Waals surface area (Å²) in [5, 5.41) is 0. The molecule has 2 heterocycles. The van der Waals surface area contributed by atoms with E-state index in [9.17, 15) is 17.8 Å². The zero-order valence-electron chi connectivity index (χ0n) is 20.3. The molecular formula is C27H30F2N2O3S. The highest BCUT2D eigenvalue weighted by atomic mass is 32.2. The Hall–Kier alpha value is -2.84. The van der Waals surface area contributed by atoms with Crippen LogP contribution in [-0.4, -0.2) is 38.7 Å². The van der Waals surface area contributed by atoms with Crippen LogP contribution in [0.5, 0.6) is 0 Å². The maximum atomic E-state index is 15.0. The maximum Gasteiger partial charge on any atom is 0.325 e. The molecule has 0 amide bonds. The van der Waals surface area contributed by atoms with Crippen LogP contribution >= 0.6 is 0 Å². The van der Waals surface area contributed by atoms with Gasteiger partial charge >= 0.3 is 5.97 Å². The van der Waals surface area contributed by atoms with Crippen molar-refractivity contribution in [2.45, 2.75) is 51.5 Å². The fraction of sp³-hybridized carbons (Fsp3) is 0.370. The molecule has 1 atom stereocenters. The Balaban J connectivity index is 1.83. The third-order valence-corrected chi connectivity index (χ3v) is 8.14. The molecule has 2 aromatic carbocycles. The van der Waals surface area contributed by atoms with Crippen LogP contribution in [0.2, 0.25) is 0 Å². The van der Waals surface area contributed by atoms with Gasteiger partial charge in [-0.1, -0.05) is 18.2 Å². The van der Waals surface area contributed by atoms with Gasteiger partial charge in [0.05, 0.1) is 11.5 Å². The summed E-state index contributed by atoms with van der Waals surface area (Å²) in [4.78, 5) is 13.1. The number of carbonyl (C=O) groups excluding carboxylic acids is 1. The fourth-order valence-corrected chi connectivity index (χ4v) is 6.22. The molecule has 0 aliphatic carbocycles. The zero-order valence-corrected chi connectivity index (χ0v) is 21.1. The van der Waals surface area contributed by atoms with Crippen molar-refractivity contribution in [3.05, 3.63) is 76.6 Å². The summed E-state index contributed by atoms with van der Waals surface area (Å²) in [6.07, 6.45) is 2.44. The van der Waals surface area contributed by atoms with Gasteiger partial charge in [-0.25, -0.2) is 17.3 Å². The SMILES string of the molecule is CCOC(=O)Cn1c(C)c(Cc2ccccc2S(=O)N2CCCC2)c(-c2ccc(F)cc2F)c1C. The monoisotopic (exact) mass is 500 g/mol. The van der Waals surface area contributed by atoms with Gasteiger partial charge in [-0.05, 0) is 62.9 Å². The van der Waals surface area contributed by atoms with E-state index in [1.807, 2.05) is 47.0 Å². The van der Waals surface area contributed by atoms with E-state index in [2.05, 4.69) is 0 Å². The molecule has 0 N–H and O–H groups in total. The number of ether oxygens (including phenoxy) is 1. The fourth-order valence-electron chi connectivity index (χ4n) is 4.79. The second-order valence-electron chi connectivity index (χ2n) is 8.71. The third-order valence-electron chi connectivity index (χ3n) is 6.53. The van der Waals surface area contributed by atoms with Crippen molar-refractivity contribution in [2.75, 3.05) is 19.7 Å². The summed E-state index contributed by atoms with van der Waals surface area (Å²) in [6, 6.07) is 11.1. The van der Waals surface area contributed by atoms with Crippen molar-refractivity contribution in [2.24, 2.45) is 0 Å². The number of hydrogen-bond donors (Lipinski definition) is 0. The minimum atomic E-state index is -1.29. The summed E-state index contributed by atoms with van der Waals surface area (Å²) in [7, 11) is -1.29. The Morgan fingerprint density at radius 2 is 1.77 bits per heavy atom. The summed E-state index contributed by atoms with van der Waals surface area (Å²) < 4.78 is 51.0. The number of rotatable bonds is 8. The Labute approximate surface area is 207 Å². The van der Waals surface area contributed by atoms with E-state index in [4.69, 9.17) is 4.74 Å². The van der Waals surface area contributed by atoms with Crippen molar-refractivity contribution in [1.82, 2.24) is 8.87 Å². The van der Waals surface area contributed by atoms with Gasteiger partial charge in [0.2, 0.25) is 0 Å². The molecule has 0 spiro atoms. The second-order valence-corrected chi connectivity index (χ2v) is 10.2. The molecule has 1 aromatic heterocycles. The molecule has 3 aromatic rings. The quantitative estimate of drug-likeness (QED) is 0.393. The molecule has 1 unspecified atom stereocenters. The topological polar surface area (TPSA) is 51.5 Å². The highest BCUT2D eigenvalue weighted by Crippen LogP contribution is 2.36. The van der Waals surface area contributed by atoms with Crippen molar-refractivity contribution < 1.29 is 22.5 Å². The predicted molar refractivity (Wildman–Crippen MR) is 132 cm³/mol. The molecule has 1 aliphatic rings. The van der Waals surface area contributed by atoms with Crippen LogP contribution in [0.25, 0.3) is 11.1 Å². The average Bonchev–Trinajstić information content (AvgIpc) is 3.44. The van der Waals surface area contributed by atoms with Crippen LogP contribution in [0.3, 0.4) is 0 Å². The van der Waals surface area contributed by atoms with Gasteiger partial charge in [-0.15, -0.1) is 0 Å². The highest BCUT2D eigenvalue weighted by molar-refractivity contribution is 7.82.